The van der Waals surface area contributed by atoms with E-state index in [0.29, 0.717) is 23.5 Å². The van der Waals surface area contributed by atoms with Crippen molar-refractivity contribution < 1.29 is 22.3 Å². The standard InChI is InChI=1S/C23H23FN2O4S/c1-3-22(30-20-11-7-17(24)8-12-20)23(27)25-18-9-13-21(14-10-18)31(28,29)26-19-6-4-5-16(2)15-19/h4-15,22,26H,3H2,1-2H3,(H,25,27)/t22-/m0/s1. The molecule has 0 aliphatic carbocycles. The molecule has 0 radical (unpaired) electrons. The number of sulfonamides is 1. The fourth-order valence-corrected chi connectivity index (χ4v) is 3.91. The Labute approximate surface area is 181 Å². The topological polar surface area (TPSA) is 84.5 Å². The fourth-order valence-electron chi connectivity index (χ4n) is 2.86. The summed E-state index contributed by atoms with van der Waals surface area (Å²) in [5.41, 5.74) is 1.84. The van der Waals surface area contributed by atoms with E-state index in [9.17, 15) is 17.6 Å². The highest BCUT2D eigenvalue weighted by molar-refractivity contribution is 7.92. The van der Waals surface area contributed by atoms with Crippen molar-refractivity contribution in [2.24, 2.45) is 0 Å². The van der Waals surface area contributed by atoms with E-state index in [2.05, 4.69) is 10.0 Å². The molecule has 0 fully saturated rings. The molecular formula is C23H23FN2O4S. The van der Waals surface area contributed by atoms with Crippen molar-refractivity contribution in [2.45, 2.75) is 31.3 Å². The van der Waals surface area contributed by atoms with Crippen LogP contribution in [0.3, 0.4) is 0 Å². The van der Waals surface area contributed by atoms with Crippen LogP contribution in [-0.2, 0) is 14.8 Å². The van der Waals surface area contributed by atoms with Crippen LogP contribution in [0.25, 0.3) is 0 Å². The molecule has 162 valence electrons. The van der Waals surface area contributed by atoms with Gasteiger partial charge in [0.05, 0.1) is 4.90 Å². The number of rotatable bonds is 8. The molecule has 0 saturated heterocycles. The molecule has 2 N–H and O–H groups in total. The van der Waals surface area contributed by atoms with Crippen LogP contribution in [0.2, 0.25) is 0 Å². The lowest BCUT2D eigenvalue weighted by molar-refractivity contribution is -0.122. The normalized spacial score (nSPS) is 12.1. The number of halogens is 1. The van der Waals surface area contributed by atoms with Crippen LogP contribution in [-0.4, -0.2) is 20.4 Å². The van der Waals surface area contributed by atoms with Gasteiger partial charge < -0.3 is 10.1 Å². The molecule has 3 aromatic carbocycles. The molecule has 3 aromatic rings. The molecule has 0 heterocycles. The summed E-state index contributed by atoms with van der Waals surface area (Å²) in [4.78, 5) is 12.6. The second kappa shape index (κ2) is 9.61. The molecule has 3 rings (SSSR count). The van der Waals surface area contributed by atoms with E-state index in [1.54, 1.807) is 25.1 Å². The molecule has 8 heteroatoms. The van der Waals surface area contributed by atoms with Gasteiger partial charge in [0, 0.05) is 11.4 Å². The quantitative estimate of drug-likeness (QED) is 0.528. The van der Waals surface area contributed by atoms with Gasteiger partial charge in [0.15, 0.2) is 6.10 Å². The number of anilines is 2. The molecule has 0 spiro atoms. The van der Waals surface area contributed by atoms with Gasteiger partial charge in [0.25, 0.3) is 15.9 Å². The van der Waals surface area contributed by atoms with Gasteiger partial charge in [0.2, 0.25) is 0 Å². The predicted molar refractivity (Wildman–Crippen MR) is 118 cm³/mol. The van der Waals surface area contributed by atoms with Crippen molar-refractivity contribution >= 4 is 27.3 Å². The van der Waals surface area contributed by atoms with Crippen LogP contribution in [0.1, 0.15) is 18.9 Å². The lowest BCUT2D eigenvalue weighted by Gasteiger charge is -2.17. The number of carbonyl (C=O) groups is 1. The number of carbonyl (C=O) groups excluding carboxylic acids is 1. The largest absolute Gasteiger partial charge is 0.481 e. The zero-order valence-corrected chi connectivity index (χ0v) is 17.9. The molecule has 1 amide bonds. The fraction of sp³-hybridized carbons (Fsp3) is 0.174. The summed E-state index contributed by atoms with van der Waals surface area (Å²) in [6.07, 6.45) is -0.382. The van der Waals surface area contributed by atoms with Crippen molar-refractivity contribution in [2.75, 3.05) is 10.0 Å². The highest BCUT2D eigenvalue weighted by atomic mass is 32.2. The Kier molecular flexibility index (Phi) is 6.91. The maximum absolute atomic E-state index is 13.0. The molecule has 0 aromatic heterocycles. The van der Waals surface area contributed by atoms with Gasteiger partial charge in [-0.2, -0.15) is 0 Å². The van der Waals surface area contributed by atoms with Gasteiger partial charge in [-0.15, -0.1) is 0 Å². The molecule has 0 unspecified atom stereocenters. The van der Waals surface area contributed by atoms with Gasteiger partial charge in [-0.3, -0.25) is 9.52 Å². The monoisotopic (exact) mass is 442 g/mol. The molecule has 0 saturated carbocycles. The number of nitrogens with one attached hydrogen (secondary N) is 2. The molecule has 1 atom stereocenters. The Balaban J connectivity index is 1.66. The third kappa shape index (κ3) is 6.05. The van der Waals surface area contributed by atoms with Crippen LogP contribution in [0.4, 0.5) is 15.8 Å². The van der Waals surface area contributed by atoms with E-state index >= 15 is 0 Å². The van der Waals surface area contributed by atoms with Crippen molar-refractivity contribution in [3.05, 3.63) is 84.2 Å². The first kappa shape index (κ1) is 22.3. The Morgan fingerprint density at radius 3 is 2.29 bits per heavy atom. The average Bonchev–Trinajstić information content (AvgIpc) is 2.73. The lowest BCUT2D eigenvalue weighted by atomic mass is 10.2. The number of benzene rings is 3. The van der Waals surface area contributed by atoms with Crippen molar-refractivity contribution in [3.8, 4) is 5.75 Å². The summed E-state index contributed by atoms with van der Waals surface area (Å²) in [5.74, 6) is -0.399. The Bertz CT molecular complexity index is 1150. The van der Waals surface area contributed by atoms with Crippen LogP contribution < -0.4 is 14.8 Å². The molecule has 0 aliphatic heterocycles. The smallest absolute Gasteiger partial charge is 0.265 e. The van der Waals surface area contributed by atoms with Crippen LogP contribution in [0.15, 0.2) is 77.7 Å². The molecule has 6 nitrogen and oxygen atoms in total. The van der Waals surface area contributed by atoms with Crippen LogP contribution in [0.5, 0.6) is 5.75 Å². The Morgan fingerprint density at radius 2 is 1.68 bits per heavy atom. The second-order valence-electron chi connectivity index (χ2n) is 6.96. The SMILES string of the molecule is CC[C@H](Oc1ccc(F)cc1)C(=O)Nc1ccc(S(=O)(=O)Nc2cccc(C)c2)cc1. The van der Waals surface area contributed by atoms with E-state index in [0.717, 1.165) is 5.56 Å². The molecule has 0 aliphatic rings. The maximum atomic E-state index is 13.0. The number of aryl methyl sites for hydroxylation is 1. The molecular weight excluding hydrogens is 419 g/mol. The summed E-state index contributed by atoms with van der Waals surface area (Å²) >= 11 is 0. The van der Waals surface area contributed by atoms with Gasteiger partial charge in [-0.25, -0.2) is 12.8 Å². The highest BCUT2D eigenvalue weighted by Crippen LogP contribution is 2.20. The number of hydrogen-bond acceptors (Lipinski definition) is 4. The van der Waals surface area contributed by atoms with Crippen molar-refractivity contribution in [1.29, 1.82) is 0 Å². The van der Waals surface area contributed by atoms with Crippen LogP contribution in [0, 0.1) is 12.7 Å². The third-order valence-electron chi connectivity index (χ3n) is 4.46. The minimum atomic E-state index is -3.76. The summed E-state index contributed by atoms with van der Waals surface area (Å²) in [7, 11) is -3.76. The first-order valence-corrected chi connectivity index (χ1v) is 11.2. The molecule has 31 heavy (non-hydrogen) atoms. The first-order valence-electron chi connectivity index (χ1n) is 9.69. The van der Waals surface area contributed by atoms with E-state index in [1.165, 1.54) is 48.5 Å². The Hall–Kier alpha value is -3.39. The molecule has 0 bridgehead atoms. The van der Waals surface area contributed by atoms with Gasteiger partial charge >= 0.3 is 0 Å². The summed E-state index contributed by atoms with van der Waals surface area (Å²) in [6, 6.07) is 18.3. The van der Waals surface area contributed by atoms with E-state index < -0.39 is 21.9 Å². The number of amides is 1. The second-order valence-corrected chi connectivity index (χ2v) is 8.64. The minimum Gasteiger partial charge on any atom is -0.481 e. The van der Waals surface area contributed by atoms with Crippen molar-refractivity contribution in [1.82, 2.24) is 0 Å². The van der Waals surface area contributed by atoms with Gasteiger partial charge in [-0.1, -0.05) is 19.1 Å². The summed E-state index contributed by atoms with van der Waals surface area (Å²) in [5, 5.41) is 2.71. The highest BCUT2D eigenvalue weighted by Gasteiger charge is 2.19. The van der Waals surface area contributed by atoms with Gasteiger partial charge in [0.1, 0.15) is 11.6 Å². The Morgan fingerprint density at radius 1 is 1.00 bits per heavy atom. The number of hydrogen-bond donors (Lipinski definition) is 2. The minimum absolute atomic E-state index is 0.0709. The predicted octanol–water partition coefficient (Wildman–Crippen LogP) is 4.73. The average molecular weight is 443 g/mol. The summed E-state index contributed by atoms with van der Waals surface area (Å²) in [6.45, 7) is 3.67. The van der Waals surface area contributed by atoms with Crippen LogP contribution >= 0.6 is 0 Å². The lowest BCUT2D eigenvalue weighted by Crippen LogP contribution is -2.32. The number of ether oxygens (including phenoxy) is 1. The summed E-state index contributed by atoms with van der Waals surface area (Å²) < 4.78 is 46.3. The zero-order valence-electron chi connectivity index (χ0n) is 17.1. The van der Waals surface area contributed by atoms with Gasteiger partial charge in [-0.05, 0) is 79.6 Å². The van der Waals surface area contributed by atoms with E-state index in [-0.39, 0.29) is 10.8 Å². The third-order valence-corrected chi connectivity index (χ3v) is 5.85. The maximum Gasteiger partial charge on any atom is 0.265 e. The van der Waals surface area contributed by atoms with E-state index in [4.69, 9.17) is 4.74 Å². The van der Waals surface area contributed by atoms with Crippen molar-refractivity contribution in [3.63, 3.8) is 0 Å². The zero-order chi connectivity index (χ0) is 22.4. The van der Waals surface area contributed by atoms with E-state index in [1.807, 2.05) is 13.0 Å². The first-order chi connectivity index (χ1) is 14.8.